The topological polar surface area (TPSA) is 86.0 Å². The highest BCUT2D eigenvalue weighted by Crippen LogP contribution is 2.23. The smallest absolute Gasteiger partial charge is 0.254 e. The van der Waals surface area contributed by atoms with E-state index in [1.807, 2.05) is 48.2 Å². The Labute approximate surface area is 167 Å². The van der Waals surface area contributed by atoms with Crippen LogP contribution in [0.15, 0.2) is 42.6 Å². The number of hydrogen-bond donors (Lipinski definition) is 0. The summed E-state index contributed by atoms with van der Waals surface area (Å²) in [7, 11) is 0. The van der Waals surface area contributed by atoms with Crippen LogP contribution in [0.3, 0.4) is 0 Å². The summed E-state index contributed by atoms with van der Waals surface area (Å²) < 4.78 is 7.13. The van der Waals surface area contributed by atoms with Crippen LogP contribution in [0.1, 0.15) is 21.6 Å². The number of aromatic nitrogens is 5. The summed E-state index contributed by atoms with van der Waals surface area (Å²) in [5, 5.41) is 9.38. The summed E-state index contributed by atoms with van der Waals surface area (Å²) in [6.07, 6.45) is 1.73. The lowest BCUT2D eigenvalue weighted by Gasteiger charge is -2.27. The number of carbonyl (C=O) groups excluding carboxylic acids is 1. The molecule has 1 aliphatic rings. The van der Waals surface area contributed by atoms with Gasteiger partial charge in [-0.1, -0.05) is 5.21 Å². The molecule has 0 saturated carbocycles. The van der Waals surface area contributed by atoms with E-state index in [0.29, 0.717) is 38.4 Å². The second-order valence-corrected chi connectivity index (χ2v) is 7.15. The van der Waals surface area contributed by atoms with Crippen LogP contribution in [0.25, 0.3) is 22.1 Å². The van der Waals surface area contributed by atoms with E-state index in [1.54, 1.807) is 10.9 Å². The van der Waals surface area contributed by atoms with E-state index < -0.39 is 0 Å². The third-order valence-corrected chi connectivity index (χ3v) is 5.16. The molecule has 0 unspecified atom stereocenters. The molecule has 4 aromatic rings. The van der Waals surface area contributed by atoms with Crippen molar-refractivity contribution in [2.24, 2.45) is 0 Å². The summed E-state index contributed by atoms with van der Waals surface area (Å²) in [4.78, 5) is 23.8. The van der Waals surface area contributed by atoms with Crippen LogP contribution in [0, 0.1) is 6.92 Å². The fraction of sp³-hybridized carbons (Fsp3) is 0.286. The van der Waals surface area contributed by atoms with Crippen LogP contribution in [-0.2, 0) is 11.3 Å². The third kappa shape index (κ3) is 3.31. The number of fused-ring (bicyclic) bond motifs is 2. The molecule has 29 heavy (non-hydrogen) atoms. The average Bonchev–Trinajstić information content (AvgIpc) is 3.16. The molecule has 1 aliphatic heterocycles. The number of carbonyl (C=O) groups is 1. The zero-order chi connectivity index (χ0) is 19.8. The van der Waals surface area contributed by atoms with E-state index in [9.17, 15) is 4.79 Å². The number of ether oxygens (including phenoxy) is 1. The summed E-state index contributed by atoms with van der Waals surface area (Å²) in [6, 6.07) is 11.5. The molecule has 5 rings (SSSR count). The normalized spacial score (nSPS) is 14.6. The van der Waals surface area contributed by atoms with Crippen molar-refractivity contribution in [2.75, 3.05) is 26.3 Å². The van der Waals surface area contributed by atoms with Crippen molar-refractivity contribution in [3.8, 4) is 0 Å². The first-order valence-electron chi connectivity index (χ1n) is 9.60. The van der Waals surface area contributed by atoms with E-state index in [2.05, 4.69) is 20.3 Å². The van der Waals surface area contributed by atoms with Gasteiger partial charge in [0, 0.05) is 35.9 Å². The van der Waals surface area contributed by atoms with Crippen molar-refractivity contribution < 1.29 is 9.53 Å². The Bertz CT molecular complexity index is 1210. The molecule has 3 aromatic heterocycles. The molecule has 1 fully saturated rings. The van der Waals surface area contributed by atoms with Gasteiger partial charge in [-0.3, -0.25) is 9.78 Å². The quantitative estimate of drug-likeness (QED) is 0.535. The maximum absolute atomic E-state index is 12.9. The summed E-state index contributed by atoms with van der Waals surface area (Å²) in [5.74, 6) is 0.0228. The molecule has 0 atom stereocenters. The van der Waals surface area contributed by atoms with E-state index in [1.165, 1.54) is 0 Å². The summed E-state index contributed by atoms with van der Waals surface area (Å²) in [6.45, 7) is 4.87. The first-order chi connectivity index (χ1) is 14.2. The van der Waals surface area contributed by atoms with Gasteiger partial charge in [0.15, 0.2) is 5.65 Å². The highest BCUT2D eigenvalue weighted by molar-refractivity contribution is 5.98. The van der Waals surface area contributed by atoms with Crippen molar-refractivity contribution in [3.05, 3.63) is 59.4 Å². The van der Waals surface area contributed by atoms with Gasteiger partial charge in [-0.05, 0) is 48.9 Å². The van der Waals surface area contributed by atoms with Crippen molar-refractivity contribution in [1.29, 1.82) is 0 Å². The second kappa shape index (κ2) is 7.21. The molecular weight excluding hydrogens is 368 g/mol. The number of nitrogens with zero attached hydrogens (tertiary/aromatic N) is 6. The Morgan fingerprint density at radius 3 is 2.86 bits per heavy atom. The number of amides is 1. The van der Waals surface area contributed by atoms with Crippen LogP contribution >= 0.6 is 0 Å². The Hall–Kier alpha value is -3.39. The average molecular weight is 388 g/mol. The zero-order valence-electron chi connectivity index (χ0n) is 16.1. The van der Waals surface area contributed by atoms with Gasteiger partial charge in [-0.25, -0.2) is 9.67 Å². The Balaban J connectivity index is 1.56. The minimum Gasteiger partial charge on any atom is -0.378 e. The molecule has 1 amide bonds. The van der Waals surface area contributed by atoms with Crippen LogP contribution in [0.2, 0.25) is 0 Å². The van der Waals surface area contributed by atoms with Gasteiger partial charge in [0.2, 0.25) is 0 Å². The number of rotatable bonds is 3. The van der Waals surface area contributed by atoms with Crippen molar-refractivity contribution in [2.45, 2.75) is 13.5 Å². The van der Waals surface area contributed by atoms with E-state index in [0.717, 1.165) is 33.3 Å². The minimum atomic E-state index is 0.0228. The number of pyridine rings is 2. The maximum Gasteiger partial charge on any atom is 0.254 e. The summed E-state index contributed by atoms with van der Waals surface area (Å²) >= 11 is 0. The van der Waals surface area contributed by atoms with Crippen molar-refractivity contribution in [3.63, 3.8) is 0 Å². The molecule has 4 heterocycles. The highest BCUT2D eigenvalue weighted by atomic mass is 16.5. The largest absolute Gasteiger partial charge is 0.378 e. The van der Waals surface area contributed by atoms with Crippen molar-refractivity contribution >= 4 is 28.0 Å². The van der Waals surface area contributed by atoms with E-state index in [4.69, 9.17) is 4.74 Å². The predicted octanol–water partition coefficient (Wildman–Crippen LogP) is 2.20. The molecule has 0 aliphatic carbocycles. The number of morpholine rings is 1. The fourth-order valence-corrected chi connectivity index (χ4v) is 3.73. The molecule has 0 N–H and O–H groups in total. The molecular formula is C21H20N6O2. The molecule has 1 aromatic carbocycles. The molecule has 0 radical (unpaired) electrons. The van der Waals surface area contributed by atoms with Gasteiger partial charge in [-0.15, -0.1) is 5.10 Å². The molecule has 8 nitrogen and oxygen atoms in total. The number of aryl methyl sites for hydroxylation is 1. The van der Waals surface area contributed by atoms with Crippen LogP contribution in [0.5, 0.6) is 0 Å². The molecule has 0 spiro atoms. The highest BCUT2D eigenvalue weighted by Gasteiger charge is 2.19. The Morgan fingerprint density at radius 1 is 1.14 bits per heavy atom. The van der Waals surface area contributed by atoms with Crippen LogP contribution in [0.4, 0.5) is 0 Å². The zero-order valence-corrected chi connectivity index (χ0v) is 16.1. The number of benzene rings is 1. The van der Waals surface area contributed by atoms with Crippen LogP contribution < -0.4 is 0 Å². The lowest BCUT2D eigenvalue weighted by molar-refractivity contribution is 0.0303. The van der Waals surface area contributed by atoms with Crippen LogP contribution in [-0.4, -0.2) is 62.1 Å². The van der Waals surface area contributed by atoms with E-state index in [-0.39, 0.29) is 5.91 Å². The lowest BCUT2D eigenvalue weighted by atomic mass is 10.0. The van der Waals surface area contributed by atoms with Gasteiger partial charge in [0.25, 0.3) is 5.91 Å². The lowest BCUT2D eigenvalue weighted by Crippen LogP contribution is -2.40. The maximum atomic E-state index is 12.9. The molecule has 0 bridgehead atoms. The van der Waals surface area contributed by atoms with Crippen molar-refractivity contribution in [1.82, 2.24) is 29.9 Å². The number of hydrogen-bond acceptors (Lipinski definition) is 6. The van der Waals surface area contributed by atoms with Gasteiger partial charge in [0.1, 0.15) is 5.52 Å². The van der Waals surface area contributed by atoms with Gasteiger partial charge < -0.3 is 9.64 Å². The third-order valence-electron chi connectivity index (χ3n) is 5.16. The van der Waals surface area contributed by atoms with Gasteiger partial charge >= 0.3 is 0 Å². The predicted molar refractivity (Wildman–Crippen MR) is 108 cm³/mol. The molecule has 1 saturated heterocycles. The standard InChI is InChI=1S/C21H20N6O2/c1-14-11-16(13-27-20-19(24-25-27)3-2-6-22-20)17-12-15(4-5-18(17)23-14)21(28)26-7-9-29-10-8-26/h2-6,11-12H,7-10,13H2,1H3. The van der Waals surface area contributed by atoms with Gasteiger partial charge in [-0.2, -0.15) is 0 Å². The first kappa shape index (κ1) is 17.7. The minimum absolute atomic E-state index is 0.0228. The SMILES string of the molecule is Cc1cc(Cn2nnc3cccnc32)c2cc(C(=O)N3CCOCC3)ccc2n1. The van der Waals surface area contributed by atoms with Gasteiger partial charge in [0.05, 0.1) is 25.3 Å². The first-order valence-corrected chi connectivity index (χ1v) is 9.60. The summed E-state index contributed by atoms with van der Waals surface area (Å²) in [5.41, 5.74) is 4.95. The van der Waals surface area contributed by atoms with E-state index >= 15 is 0 Å². The molecule has 8 heteroatoms. The monoisotopic (exact) mass is 388 g/mol. The molecule has 146 valence electrons. The Morgan fingerprint density at radius 2 is 2.00 bits per heavy atom. The fourth-order valence-electron chi connectivity index (χ4n) is 3.73. The second-order valence-electron chi connectivity index (χ2n) is 7.15. The Kier molecular flexibility index (Phi) is 4.40.